The molecule has 1 aliphatic heterocycles. The molecule has 3 heterocycles. The number of aromatic nitrogens is 4. The lowest BCUT2D eigenvalue weighted by Crippen LogP contribution is -2.33. The SMILES string of the molecule is OC[C@@H]1O[C@@H](n2cnc3c(Nc4ccccc4Cl)ncnc32)[C@H](O)[C@@H]1O. The van der Waals surface area contributed by atoms with E-state index in [4.69, 9.17) is 16.3 Å². The van der Waals surface area contributed by atoms with Crippen molar-refractivity contribution in [2.45, 2.75) is 24.5 Å². The fourth-order valence-corrected chi connectivity index (χ4v) is 3.11. The quantitative estimate of drug-likeness (QED) is 0.527. The van der Waals surface area contributed by atoms with Crippen molar-refractivity contribution in [2.24, 2.45) is 0 Å². The van der Waals surface area contributed by atoms with E-state index < -0.39 is 31.1 Å². The number of nitrogens with one attached hydrogen (secondary N) is 1. The minimum absolute atomic E-state index is 0.407. The topological polar surface area (TPSA) is 126 Å². The van der Waals surface area contributed by atoms with Gasteiger partial charge in [-0.1, -0.05) is 23.7 Å². The molecule has 0 unspecified atom stereocenters. The average Bonchev–Trinajstić information content (AvgIpc) is 3.19. The molecule has 4 atom stereocenters. The molecule has 0 bridgehead atoms. The average molecular weight is 378 g/mol. The van der Waals surface area contributed by atoms with Crippen LogP contribution in [0, 0.1) is 0 Å². The molecule has 26 heavy (non-hydrogen) atoms. The van der Waals surface area contributed by atoms with Crippen molar-refractivity contribution in [3.8, 4) is 0 Å². The van der Waals surface area contributed by atoms with Gasteiger partial charge in [0.05, 0.1) is 23.6 Å². The Morgan fingerprint density at radius 2 is 1.96 bits per heavy atom. The Kier molecular flexibility index (Phi) is 4.47. The number of aliphatic hydroxyl groups excluding tert-OH is 3. The maximum Gasteiger partial charge on any atom is 0.167 e. The van der Waals surface area contributed by atoms with Gasteiger partial charge in [0.25, 0.3) is 0 Å². The van der Waals surface area contributed by atoms with Crippen LogP contribution in [-0.4, -0.2) is 59.8 Å². The van der Waals surface area contributed by atoms with E-state index in [0.29, 0.717) is 27.7 Å². The Hall–Kier alpha value is -2.30. The molecular weight excluding hydrogens is 362 g/mol. The van der Waals surface area contributed by atoms with E-state index in [1.54, 1.807) is 12.1 Å². The molecular formula is C16H16ClN5O4. The second-order valence-corrected chi connectivity index (χ2v) is 6.29. The summed E-state index contributed by atoms with van der Waals surface area (Å²) in [5, 5.41) is 33.1. The molecule has 0 aliphatic carbocycles. The minimum Gasteiger partial charge on any atom is -0.394 e. The number of para-hydroxylation sites is 1. The number of ether oxygens (including phenoxy) is 1. The standard InChI is InChI=1S/C16H16ClN5O4/c17-8-3-1-2-4-9(8)21-14-11-15(19-6-18-14)22(7-20-11)16-13(25)12(24)10(5-23)26-16/h1-4,6-7,10,12-13,16,23-25H,5H2,(H,18,19,21)/t10-,12+,13+,16+/m0/s1. The van der Waals surface area contributed by atoms with Crippen molar-refractivity contribution in [3.63, 3.8) is 0 Å². The number of anilines is 2. The normalized spacial score (nSPS) is 25.7. The highest BCUT2D eigenvalue weighted by Crippen LogP contribution is 2.33. The van der Waals surface area contributed by atoms with Crippen molar-refractivity contribution in [1.29, 1.82) is 0 Å². The van der Waals surface area contributed by atoms with Gasteiger partial charge in [0.2, 0.25) is 0 Å². The number of rotatable bonds is 4. The van der Waals surface area contributed by atoms with Gasteiger partial charge in [-0.05, 0) is 12.1 Å². The highest BCUT2D eigenvalue weighted by molar-refractivity contribution is 6.33. The van der Waals surface area contributed by atoms with Gasteiger partial charge < -0.3 is 25.4 Å². The summed E-state index contributed by atoms with van der Waals surface area (Å²) in [5.41, 5.74) is 1.52. The summed E-state index contributed by atoms with van der Waals surface area (Å²) in [5.74, 6) is 0.439. The van der Waals surface area contributed by atoms with Crippen molar-refractivity contribution < 1.29 is 20.1 Å². The summed E-state index contributed by atoms with van der Waals surface area (Å²) in [6.07, 6.45) is -1.44. The summed E-state index contributed by atoms with van der Waals surface area (Å²) >= 11 is 6.17. The molecule has 0 saturated carbocycles. The highest BCUT2D eigenvalue weighted by Gasteiger charge is 2.44. The van der Waals surface area contributed by atoms with Crippen molar-refractivity contribution >= 4 is 34.3 Å². The molecule has 3 aromatic rings. The van der Waals surface area contributed by atoms with Crippen LogP contribution in [0.15, 0.2) is 36.9 Å². The predicted octanol–water partition coefficient (Wildman–Crippen LogP) is 0.835. The van der Waals surface area contributed by atoms with Gasteiger partial charge in [0.1, 0.15) is 24.6 Å². The van der Waals surface area contributed by atoms with Crippen LogP contribution in [0.1, 0.15) is 6.23 Å². The molecule has 10 heteroatoms. The molecule has 0 radical (unpaired) electrons. The zero-order valence-corrected chi connectivity index (χ0v) is 14.2. The van der Waals surface area contributed by atoms with Gasteiger partial charge in [-0.15, -0.1) is 0 Å². The lowest BCUT2D eigenvalue weighted by molar-refractivity contribution is -0.0511. The van der Waals surface area contributed by atoms with E-state index in [1.165, 1.54) is 17.2 Å². The molecule has 1 aromatic carbocycles. The smallest absolute Gasteiger partial charge is 0.167 e. The van der Waals surface area contributed by atoms with E-state index in [-0.39, 0.29) is 0 Å². The summed E-state index contributed by atoms with van der Waals surface area (Å²) in [4.78, 5) is 12.7. The second-order valence-electron chi connectivity index (χ2n) is 5.88. The van der Waals surface area contributed by atoms with Gasteiger partial charge in [-0.3, -0.25) is 4.57 Å². The predicted molar refractivity (Wildman–Crippen MR) is 93.1 cm³/mol. The number of hydrogen-bond acceptors (Lipinski definition) is 8. The second kappa shape index (κ2) is 6.78. The van der Waals surface area contributed by atoms with E-state index in [0.717, 1.165) is 0 Å². The lowest BCUT2D eigenvalue weighted by atomic mass is 10.1. The van der Waals surface area contributed by atoms with Gasteiger partial charge >= 0.3 is 0 Å². The molecule has 9 nitrogen and oxygen atoms in total. The van der Waals surface area contributed by atoms with Crippen LogP contribution in [0.2, 0.25) is 5.02 Å². The molecule has 1 saturated heterocycles. The van der Waals surface area contributed by atoms with Crippen LogP contribution < -0.4 is 5.32 Å². The Morgan fingerprint density at radius 3 is 2.69 bits per heavy atom. The van der Waals surface area contributed by atoms with Gasteiger partial charge in [-0.25, -0.2) is 15.0 Å². The first kappa shape index (κ1) is 17.1. The van der Waals surface area contributed by atoms with Crippen molar-refractivity contribution in [3.05, 3.63) is 41.9 Å². The number of nitrogens with zero attached hydrogens (tertiary/aromatic N) is 4. The molecule has 0 spiro atoms. The first-order chi connectivity index (χ1) is 12.6. The van der Waals surface area contributed by atoms with Crippen LogP contribution in [0.25, 0.3) is 11.2 Å². The molecule has 0 amide bonds. The van der Waals surface area contributed by atoms with Crippen molar-refractivity contribution in [1.82, 2.24) is 19.5 Å². The lowest BCUT2D eigenvalue weighted by Gasteiger charge is -2.16. The fraction of sp³-hybridized carbons (Fsp3) is 0.312. The largest absolute Gasteiger partial charge is 0.394 e. The zero-order valence-electron chi connectivity index (χ0n) is 13.4. The third-order valence-corrected chi connectivity index (χ3v) is 4.61. The van der Waals surface area contributed by atoms with Gasteiger partial charge in [0, 0.05) is 0 Å². The van der Waals surface area contributed by atoms with Crippen LogP contribution in [-0.2, 0) is 4.74 Å². The maximum atomic E-state index is 10.2. The summed E-state index contributed by atoms with van der Waals surface area (Å²) in [6.45, 7) is -0.407. The number of benzene rings is 1. The van der Waals surface area contributed by atoms with E-state index in [1.807, 2.05) is 12.1 Å². The number of fused-ring (bicyclic) bond motifs is 1. The molecule has 4 N–H and O–H groups in total. The highest BCUT2D eigenvalue weighted by atomic mass is 35.5. The molecule has 136 valence electrons. The molecule has 2 aromatic heterocycles. The van der Waals surface area contributed by atoms with Gasteiger partial charge in [-0.2, -0.15) is 0 Å². The fourth-order valence-electron chi connectivity index (χ4n) is 2.93. The van der Waals surface area contributed by atoms with Crippen LogP contribution in [0.3, 0.4) is 0 Å². The van der Waals surface area contributed by atoms with E-state index in [2.05, 4.69) is 20.3 Å². The summed E-state index contributed by atoms with van der Waals surface area (Å²) in [6, 6.07) is 7.21. The number of aliphatic hydroxyl groups is 3. The van der Waals surface area contributed by atoms with Gasteiger partial charge in [0.15, 0.2) is 23.2 Å². The number of hydrogen-bond donors (Lipinski definition) is 4. The maximum absolute atomic E-state index is 10.2. The minimum atomic E-state index is -1.22. The van der Waals surface area contributed by atoms with Crippen LogP contribution in [0.4, 0.5) is 11.5 Å². The molecule has 4 rings (SSSR count). The monoisotopic (exact) mass is 377 g/mol. The van der Waals surface area contributed by atoms with Crippen LogP contribution >= 0.6 is 11.6 Å². The van der Waals surface area contributed by atoms with Crippen LogP contribution in [0.5, 0.6) is 0 Å². The van der Waals surface area contributed by atoms with Crippen molar-refractivity contribution in [2.75, 3.05) is 11.9 Å². The molecule has 1 fully saturated rings. The summed E-state index contributed by atoms with van der Waals surface area (Å²) < 4.78 is 7.03. The van der Waals surface area contributed by atoms with E-state index in [9.17, 15) is 15.3 Å². The first-order valence-electron chi connectivity index (χ1n) is 7.91. The summed E-state index contributed by atoms with van der Waals surface area (Å²) in [7, 11) is 0. The van der Waals surface area contributed by atoms with E-state index >= 15 is 0 Å². The number of imidazole rings is 1. The Labute approximate surface area is 152 Å². The Bertz CT molecular complexity index is 936. The first-order valence-corrected chi connectivity index (χ1v) is 8.29. The molecule has 1 aliphatic rings. The zero-order chi connectivity index (χ0) is 18.3. The Morgan fingerprint density at radius 1 is 1.15 bits per heavy atom. The third kappa shape index (κ3) is 2.79. The Balaban J connectivity index is 1.71. The third-order valence-electron chi connectivity index (χ3n) is 4.28. The number of halogens is 1.